The van der Waals surface area contributed by atoms with E-state index in [1.807, 2.05) is 13.8 Å². The number of amides is 1. The number of alkyl carbamates (subject to hydrolysis) is 1. The van der Waals surface area contributed by atoms with Crippen LogP contribution in [0, 0.1) is 11.8 Å². The molecule has 0 heterocycles. The Morgan fingerprint density at radius 2 is 1.43 bits per heavy atom. The molecule has 2 rings (SSSR count). The molecule has 0 bridgehead atoms. The predicted octanol–water partition coefficient (Wildman–Crippen LogP) is 3.13. The fourth-order valence-corrected chi connectivity index (χ4v) is 2.80. The van der Waals surface area contributed by atoms with Gasteiger partial charge in [0.2, 0.25) is 0 Å². The predicted molar refractivity (Wildman–Crippen MR) is 112 cm³/mol. The Morgan fingerprint density at radius 3 is 1.93 bits per heavy atom. The summed E-state index contributed by atoms with van der Waals surface area (Å²) in [5.41, 5.74) is 5.24. The van der Waals surface area contributed by atoms with E-state index in [0.29, 0.717) is 52.7 Å². The zero-order chi connectivity index (χ0) is 20.9. The van der Waals surface area contributed by atoms with E-state index in [2.05, 4.69) is 22.2 Å². The van der Waals surface area contributed by atoms with Crippen molar-refractivity contribution in [3.05, 3.63) is 12.2 Å². The zero-order valence-corrected chi connectivity index (χ0v) is 18.1. The van der Waals surface area contributed by atoms with Crippen LogP contribution in [-0.2, 0) is 18.9 Å². The number of nitrogens with one attached hydrogen (secondary N) is 1. The number of methoxy groups -OCH3 is 1. The van der Waals surface area contributed by atoms with E-state index in [9.17, 15) is 4.79 Å². The van der Waals surface area contributed by atoms with Gasteiger partial charge >= 0.3 is 6.09 Å². The zero-order valence-electron chi connectivity index (χ0n) is 18.1. The lowest BCUT2D eigenvalue weighted by atomic mass is 10.1. The van der Waals surface area contributed by atoms with Crippen LogP contribution in [0.3, 0.4) is 0 Å². The number of hydrogen-bond acceptors (Lipinski definition) is 6. The van der Waals surface area contributed by atoms with Gasteiger partial charge in [-0.25, -0.2) is 4.79 Å². The average molecular weight is 403 g/mol. The maximum Gasteiger partial charge on any atom is 0.406 e. The van der Waals surface area contributed by atoms with Gasteiger partial charge in [0.05, 0.1) is 46.8 Å². The Labute approximate surface area is 171 Å². The maximum atomic E-state index is 10.6. The van der Waals surface area contributed by atoms with Crippen molar-refractivity contribution in [2.75, 3.05) is 59.8 Å². The van der Waals surface area contributed by atoms with Crippen molar-refractivity contribution in [2.24, 2.45) is 17.6 Å². The van der Waals surface area contributed by atoms with E-state index >= 15 is 0 Å². The molecule has 0 radical (unpaired) electrons. The van der Waals surface area contributed by atoms with Gasteiger partial charge in [-0.15, -0.1) is 0 Å². The third-order valence-electron chi connectivity index (χ3n) is 4.35. The van der Waals surface area contributed by atoms with Gasteiger partial charge in [-0.3, -0.25) is 0 Å². The molecule has 0 aromatic carbocycles. The highest BCUT2D eigenvalue weighted by Gasteiger charge is 2.35. The maximum absolute atomic E-state index is 10.6. The third-order valence-corrected chi connectivity index (χ3v) is 4.35. The molecule has 166 valence electrons. The van der Waals surface area contributed by atoms with Crippen LogP contribution in [0.15, 0.2) is 12.2 Å². The standard InChI is InChI=1S/C10H22N2O5.C9H14.C2H6/c1-14-10(13)12-3-5-16-7-9-17-8-6-15-4-2-11;1-2-4-6-9-7-8(9)5-3-1;1-2/h2-9,11H2,1H3,(H,12,13);1-2,8-9H,3-7H2;1-2H3/b;2-1-;. The van der Waals surface area contributed by atoms with Gasteiger partial charge in [0.15, 0.2) is 0 Å². The van der Waals surface area contributed by atoms with E-state index in [0.717, 1.165) is 11.8 Å². The second-order valence-electron chi connectivity index (χ2n) is 6.43. The molecule has 1 saturated carbocycles. The summed E-state index contributed by atoms with van der Waals surface area (Å²) in [5.74, 6) is 2.27. The van der Waals surface area contributed by atoms with E-state index in [4.69, 9.17) is 19.9 Å². The van der Waals surface area contributed by atoms with Crippen LogP contribution in [0.25, 0.3) is 0 Å². The molecule has 1 fully saturated rings. The first-order valence-corrected chi connectivity index (χ1v) is 10.7. The van der Waals surface area contributed by atoms with Crippen LogP contribution in [0.2, 0.25) is 0 Å². The average Bonchev–Trinajstić information content (AvgIpc) is 3.44. The molecular formula is C21H42N2O5. The quantitative estimate of drug-likeness (QED) is 0.407. The molecule has 3 N–H and O–H groups in total. The first-order chi connectivity index (χ1) is 13.8. The minimum atomic E-state index is -0.457. The van der Waals surface area contributed by atoms with E-state index in [-0.39, 0.29) is 0 Å². The number of ether oxygens (including phenoxy) is 4. The minimum Gasteiger partial charge on any atom is -0.453 e. The summed E-state index contributed by atoms with van der Waals surface area (Å²) in [5, 5.41) is 2.50. The molecule has 0 saturated heterocycles. The summed E-state index contributed by atoms with van der Waals surface area (Å²) in [4.78, 5) is 10.6. The normalized spacial score (nSPS) is 20.7. The van der Waals surface area contributed by atoms with Crippen molar-refractivity contribution < 1.29 is 23.7 Å². The topological polar surface area (TPSA) is 92.0 Å². The van der Waals surface area contributed by atoms with Gasteiger partial charge in [-0.1, -0.05) is 26.0 Å². The SMILES string of the molecule is C1=C\CCC2CC2CC/1.CC.COC(=O)NCCOCCOCCOCCN. The number of carbonyl (C=O) groups is 1. The van der Waals surface area contributed by atoms with Gasteiger partial charge in [-0.05, 0) is 43.9 Å². The monoisotopic (exact) mass is 402 g/mol. The summed E-state index contributed by atoms with van der Waals surface area (Å²) < 4.78 is 19.9. The lowest BCUT2D eigenvalue weighted by Gasteiger charge is -2.06. The Morgan fingerprint density at radius 1 is 0.929 bits per heavy atom. The van der Waals surface area contributed by atoms with Crippen LogP contribution >= 0.6 is 0 Å². The summed E-state index contributed by atoms with van der Waals surface area (Å²) >= 11 is 0. The van der Waals surface area contributed by atoms with Gasteiger partial charge in [0.1, 0.15) is 0 Å². The highest BCUT2D eigenvalue weighted by Crippen LogP contribution is 2.46. The smallest absolute Gasteiger partial charge is 0.406 e. The summed E-state index contributed by atoms with van der Waals surface area (Å²) in [6.07, 6.45) is 11.4. The van der Waals surface area contributed by atoms with Crippen LogP contribution < -0.4 is 11.1 Å². The van der Waals surface area contributed by atoms with Crippen LogP contribution in [0.5, 0.6) is 0 Å². The second kappa shape index (κ2) is 20.6. The van der Waals surface area contributed by atoms with Crippen molar-refractivity contribution in [1.29, 1.82) is 0 Å². The van der Waals surface area contributed by atoms with Crippen LogP contribution in [0.1, 0.15) is 46.0 Å². The highest BCUT2D eigenvalue weighted by molar-refractivity contribution is 5.66. The molecule has 0 aromatic rings. The summed E-state index contributed by atoms with van der Waals surface area (Å²) in [6.45, 7) is 8.00. The summed E-state index contributed by atoms with van der Waals surface area (Å²) in [6, 6.07) is 0. The highest BCUT2D eigenvalue weighted by atomic mass is 16.5. The number of hydrogen-bond donors (Lipinski definition) is 2. The number of nitrogens with two attached hydrogens (primary N) is 1. The van der Waals surface area contributed by atoms with Crippen molar-refractivity contribution >= 4 is 6.09 Å². The van der Waals surface area contributed by atoms with Crippen LogP contribution in [0.4, 0.5) is 4.79 Å². The van der Waals surface area contributed by atoms with Crippen molar-refractivity contribution in [3.8, 4) is 0 Å². The fourth-order valence-electron chi connectivity index (χ4n) is 2.80. The Kier molecular flexibility index (Phi) is 19.7. The van der Waals surface area contributed by atoms with Crippen LogP contribution in [-0.4, -0.2) is 65.9 Å². The molecule has 2 aliphatic rings. The summed E-state index contributed by atoms with van der Waals surface area (Å²) in [7, 11) is 1.32. The fraction of sp³-hybridized carbons (Fsp3) is 0.857. The number of fused-ring (bicyclic) bond motifs is 1. The van der Waals surface area contributed by atoms with Gasteiger partial charge < -0.3 is 30.0 Å². The Hall–Kier alpha value is -1.15. The second-order valence-corrected chi connectivity index (χ2v) is 6.43. The molecule has 2 aliphatic carbocycles. The van der Waals surface area contributed by atoms with E-state index in [1.165, 1.54) is 32.8 Å². The Balaban J connectivity index is 0.000000545. The largest absolute Gasteiger partial charge is 0.453 e. The number of rotatable bonds is 11. The van der Waals surface area contributed by atoms with Gasteiger partial charge in [0.25, 0.3) is 0 Å². The molecule has 1 amide bonds. The first-order valence-electron chi connectivity index (χ1n) is 10.7. The molecule has 0 aliphatic heterocycles. The molecule has 2 atom stereocenters. The van der Waals surface area contributed by atoms with Gasteiger partial charge in [-0.2, -0.15) is 0 Å². The Bertz CT molecular complexity index is 366. The van der Waals surface area contributed by atoms with E-state index in [1.54, 1.807) is 6.42 Å². The van der Waals surface area contributed by atoms with Crippen molar-refractivity contribution in [1.82, 2.24) is 5.32 Å². The molecule has 7 heteroatoms. The lowest BCUT2D eigenvalue weighted by Crippen LogP contribution is -2.27. The first kappa shape index (κ1) is 26.9. The third kappa shape index (κ3) is 17.0. The van der Waals surface area contributed by atoms with Gasteiger partial charge in [0, 0.05) is 13.1 Å². The number of carbonyl (C=O) groups excluding carboxylic acids is 1. The molecule has 28 heavy (non-hydrogen) atoms. The van der Waals surface area contributed by atoms with Crippen molar-refractivity contribution in [3.63, 3.8) is 0 Å². The molecular weight excluding hydrogens is 360 g/mol. The molecule has 0 spiro atoms. The lowest BCUT2D eigenvalue weighted by molar-refractivity contribution is 0.0166. The molecule has 7 nitrogen and oxygen atoms in total. The number of allylic oxidation sites excluding steroid dienone is 2. The molecule has 2 unspecified atom stereocenters. The minimum absolute atomic E-state index is 0.423. The van der Waals surface area contributed by atoms with Crippen molar-refractivity contribution in [2.45, 2.75) is 46.0 Å². The molecule has 0 aromatic heterocycles. The van der Waals surface area contributed by atoms with E-state index < -0.39 is 6.09 Å².